The summed E-state index contributed by atoms with van der Waals surface area (Å²) in [7, 11) is -3.64. The van der Waals surface area contributed by atoms with E-state index >= 15 is 0 Å². The fraction of sp³-hybridized carbons (Fsp3) is 0.435. The number of sulfonamides is 1. The maximum Gasteiger partial charge on any atom is 0.410 e. The summed E-state index contributed by atoms with van der Waals surface area (Å²) >= 11 is 0. The van der Waals surface area contributed by atoms with E-state index in [-0.39, 0.29) is 24.6 Å². The molecule has 1 amide bonds. The lowest BCUT2D eigenvalue weighted by Crippen LogP contribution is -2.41. The SMILES string of the molecule is CCN1CCN(C(=O)OCc2ccccc2)CCN(S(=O)(=O)c2ccc(C)cc2)CC1. The molecule has 0 atom stereocenters. The molecule has 3 rings (SSSR count). The van der Waals surface area contributed by atoms with Gasteiger partial charge in [-0.2, -0.15) is 4.31 Å². The number of carbonyl (C=O) groups excluding carboxylic acids is 1. The van der Waals surface area contributed by atoms with Crippen LogP contribution in [0.5, 0.6) is 0 Å². The molecule has 2 aromatic carbocycles. The van der Waals surface area contributed by atoms with E-state index in [0.29, 0.717) is 26.2 Å². The van der Waals surface area contributed by atoms with Crippen LogP contribution in [0.4, 0.5) is 4.79 Å². The number of nitrogens with zero attached hydrogens (tertiary/aromatic N) is 3. The summed E-state index contributed by atoms with van der Waals surface area (Å²) in [6.07, 6.45) is -0.422. The van der Waals surface area contributed by atoms with Gasteiger partial charge in [-0.25, -0.2) is 13.2 Å². The van der Waals surface area contributed by atoms with Gasteiger partial charge in [-0.3, -0.25) is 0 Å². The molecule has 1 saturated heterocycles. The first kappa shape index (κ1) is 23.2. The molecule has 0 N–H and O–H groups in total. The largest absolute Gasteiger partial charge is 0.445 e. The molecule has 2 aromatic rings. The second-order valence-electron chi connectivity index (χ2n) is 7.68. The molecule has 168 valence electrons. The zero-order valence-electron chi connectivity index (χ0n) is 18.2. The Balaban J connectivity index is 1.72. The van der Waals surface area contributed by atoms with Crippen LogP contribution in [0.15, 0.2) is 59.5 Å². The standard InChI is InChI=1S/C23H31N3O4S/c1-3-24-13-15-25(23(27)30-19-21-7-5-4-6-8-21)16-18-26(17-14-24)31(28,29)22-11-9-20(2)10-12-22/h4-12H,3,13-19H2,1-2H3. The molecule has 1 aliphatic heterocycles. The molecule has 0 radical (unpaired) electrons. The third kappa shape index (κ3) is 6.29. The van der Waals surface area contributed by atoms with E-state index in [1.54, 1.807) is 29.2 Å². The van der Waals surface area contributed by atoms with Gasteiger partial charge in [-0.1, -0.05) is 55.0 Å². The van der Waals surface area contributed by atoms with Crippen molar-refractivity contribution >= 4 is 16.1 Å². The van der Waals surface area contributed by atoms with Crippen LogP contribution in [0.25, 0.3) is 0 Å². The predicted molar refractivity (Wildman–Crippen MR) is 120 cm³/mol. The Labute approximate surface area is 185 Å². The average Bonchev–Trinajstić information content (AvgIpc) is 2.89. The predicted octanol–water partition coefficient (Wildman–Crippen LogP) is 2.96. The molecule has 0 bridgehead atoms. The number of aryl methyl sites for hydroxylation is 1. The van der Waals surface area contributed by atoms with Crippen molar-refractivity contribution in [1.29, 1.82) is 0 Å². The maximum absolute atomic E-state index is 13.2. The molecule has 1 aliphatic rings. The van der Waals surface area contributed by atoms with Crippen molar-refractivity contribution in [2.45, 2.75) is 25.3 Å². The van der Waals surface area contributed by atoms with Crippen LogP contribution in [0.3, 0.4) is 0 Å². The Hall–Kier alpha value is -2.42. The van der Waals surface area contributed by atoms with Crippen molar-refractivity contribution in [2.24, 2.45) is 0 Å². The number of amides is 1. The topological polar surface area (TPSA) is 70.2 Å². The normalized spacial score (nSPS) is 16.9. The van der Waals surface area contributed by atoms with Crippen LogP contribution in [0.1, 0.15) is 18.1 Å². The molecule has 7 nitrogen and oxygen atoms in total. The molecule has 0 aliphatic carbocycles. The molecule has 0 aromatic heterocycles. The van der Waals surface area contributed by atoms with Crippen LogP contribution in [0, 0.1) is 6.92 Å². The van der Waals surface area contributed by atoms with Gasteiger partial charge in [0, 0.05) is 39.3 Å². The smallest absolute Gasteiger partial charge is 0.410 e. The zero-order valence-corrected chi connectivity index (χ0v) is 19.1. The summed E-state index contributed by atoms with van der Waals surface area (Å²) in [4.78, 5) is 16.8. The number of rotatable bonds is 5. The second-order valence-corrected chi connectivity index (χ2v) is 9.62. The van der Waals surface area contributed by atoms with Gasteiger partial charge in [0.2, 0.25) is 10.0 Å². The van der Waals surface area contributed by atoms with Crippen molar-refractivity contribution < 1.29 is 17.9 Å². The zero-order chi connectivity index (χ0) is 22.3. The number of benzene rings is 2. The minimum absolute atomic E-state index is 0.193. The van der Waals surface area contributed by atoms with Crippen LogP contribution < -0.4 is 0 Å². The highest BCUT2D eigenvalue weighted by atomic mass is 32.2. The van der Waals surface area contributed by atoms with Crippen LogP contribution in [0.2, 0.25) is 0 Å². The summed E-state index contributed by atoms with van der Waals surface area (Å²) in [6.45, 7) is 7.64. The van der Waals surface area contributed by atoms with Gasteiger partial charge >= 0.3 is 6.09 Å². The van der Waals surface area contributed by atoms with Crippen molar-refractivity contribution in [3.05, 3.63) is 65.7 Å². The lowest BCUT2D eigenvalue weighted by atomic mass is 10.2. The fourth-order valence-corrected chi connectivity index (χ4v) is 4.91. The average molecular weight is 446 g/mol. The lowest BCUT2D eigenvalue weighted by molar-refractivity contribution is 0.0929. The van der Waals surface area contributed by atoms with E-state index in [0.717, 1.165) is 17.7 Å². The van der Waals surface area contributed by atoms with E-state index < -0.39 is 16.1 Å². The summed E-state index contributed by atoms with van der Waals surface area (Å²) < 4.78 is 33.4. The molecule has 0 unspecified atom stereocenters. The van der Waals surface area contributed by atoms with Gasteiger partial charge in [0.25, 0.3) is 0 Å². The number of carbonyl (C=O) groups is 1. The Kier molecular flexibility index (Phi) is 8.06. The first-order chi connectivity index (χ1) is 14.9. The highest BCUT2D eigenvalue weighted by Crippen LogP contribution is 2.17. The minimum atomic E-state index is -3.64. The Morgan fingerprint density at radius 2 is 1.52 bits per heavy atom. The summed E-state index contributed by atoms with van der Waals surface area (Å²) in [5, 5.41) is 0. The Morgan fingerprint density at radius 3 is 2.19 bits per heavy atom. The lowest BCUT2D eigenvalue weighted by Gasteiger charge is -2.25. The van der Waals surface area contributed by atoms with Crippen LogP contribution in [-0.4, -0.2) is 74.4 Å². The second kappa shape index (κ2) is 10.7. The van der Waals surface area contributed by atoms with Gasteiger partial charge < -0.3 is 14.5 Å². The fourth-order valence-electron chi connectivity index (χ4n) is 3.49. The van der Waals surface area contributed by atoms with E-state index in [9.17, 15) is 13.2 Å². The summed E-state index contributed by atoms with van der Waals surface area (Å²) in [5.74, 6) is 0. The Morgan fingerprint density at radius 1 is 0.903 bits per heavy atom. The highest BCUT2D eigenvalue weighted by molar-refractivity contribution is 7.89. The molecule has 31 heavy (non-hydrogen) atoms. The van der Waals surface area contributed by atoms with E-state index in [1.165, 1.54) is 4.31 Å². The maximum atomic E-state index is 13.2. The number of hydrogen-bond acceptors (Lipinski definition) is 5. The van der Waals surface area contributed by atoms with Crippen LogP contribution in [-0.2, 0) is 21.4 Å². The monoisotopic (exact) mass is 445 g/mol. The van der Waals surface area contributed by atoms with Crippen molar-refractivity contribution in [3.8, 4) is 0 Å². The quantitative estimate of drug-likeness (QED) is 0.708. The molecular weight excluding hydrogens is 414 g/mol. The van der Waals surface area contributed by atoms with Gasteiger partial charge in [-0.05, 0) is 31.2 Å². The molecule has 8 heteroatoms. The van der Waals surface area contributed by atoms with Crippen LogP contribution >= 0.6 is 0 Å². The van der Waals surface area contributed by atoms with Gasteiger partial charge in [0.1, 0.15) is 6.61 Å². The van der Waals surface area contributed by atoms with Gasteiger partial charge in [0.05, 0.1) is 4.90 Å². The third-order valence-corrected chi connectivity index (χ3v) is 7.45. The van der Waals surface area contributed by atoms with Gasteiger partial charge in [-0.15, -0.1) is 0 Å². The minimum Gasteiger partial charge on any atom is -0.445 e. The summed E-state index contributed by atoms with van der Waals surface area (Å²) in [6, 6.07) is 16.4. The number of hydrogen-bond donors (Lipinski definition) is 0. The number of ether oxygens (including phenoxy) is 1. The molecule has 1 heterocycles. The van der Waals surface area contributed by atoms with E-state index in [4.69, 9.17) is 4.74 Å². The van der Waals surface area contributed by atoms with Gasteiger partial charge in [0.15, 0.2) is 0 Å². The van der Waals surface area contributed by atoms with E-state index in [2.05, 4.69) is 4.90 Å². The Bertz CT molecular complexity index is 949. The molecular formula is C23H31N3O4S. The summed E-state index contributed by atoms with van der Waals surface area (Å²) in [5.41, 5.74) is 1.92. The highest BCUT2D eigenvalue weighted by Gasteiger charge is 2.28. The first-order valence-corrected chi connectivity index (χ1v) is 12.1. The molecule has 0 spiro atoms. The van der Waals surface area contributed by atoms with Crippen molar-refractivity contribution in [3.63, 3.8) is 0 Å². The third-order valence-electron chi connectivity index (χ3n) is 5.54. The van der Waals surface area contributed by atoms with Crippen molar-refractivity contribution in [1.82, 2.24) is 14.1 Å². The first-order valence-electron chi connectivity index (χ1n) is 10.6. The van der Waals surface area contributed by atoms with Crippen molar-refractivity contribution in [2.75, 3.05) is 45.8 Å². The molecule has 0 saturated carbocycles. The molecule has 1 fully saturated rings. The van der Waals surface area contributed by atoms with E-state index in [1.807, 2.05) is 44.2 Å². The number of likely N-dealkylation sites (N-methyl/N-ethyl adjacent to an activating group) is 1.